The van der Waals surface area contributed by atoms with E-state index in [-0.39, 0.29) is 43.9 Å². The van der Waals surface area contributed by atoms with E-state index in [9.17, 15) is 9.59 Å². The summed E-state index contributed by atoms with van der Waals surface area (Å²) in [4.78, 5) is 35.8. The molecule has 8 heteroatoms. The molecular formula is C22H32N4O4. The molecule has 164 valence electrons. The quantitative estimate of drug-likeness (QED) is 0.602. The number of rotatable bonds is 8. The standard InChI is InChI=1S/C22H32N4O4/c27-19-6-7-20(28)26(19)14-15-29-21-22(24-11-10-23-21)30-18-8-12-25(13-9-18)16-17-4-2-1-3-5-17/h10-11,17-18H,1-9,12-16H2. The zero-order chi connectivity index (χ0) is 20.8. The van der Waals surface area contributed by atoms with E-state index in [4.69, 9.17) is 9.47 Å². The molecule has 1 saturated carbocycles. The lowest BCUT2D eigenvalue weighted by Crippen LogP contribution is -2.41. The summed E-state index contributed by atoms with van der Waals surface area (Å²) in [6.07, 6.45) is 12.7. The fourth-order valence-corrected chi connectivity index (χ4v) is 4.70. The monoisotopic (exact) mass is 416 g/mol. The highest BCUT2D eigenvalue weighted by atomic mass is 16.5. The molecular weight excluding hydrogens is 384 g/mol. The summed E-state index contributed by atoms with van der Waals surface area (Å²) in [5.41, 5.74) is 0. The van der Waals surface area contributed by atoms with Crippen molar-refractivity contribution in [3.63, 3.8) is 0 Å². The topological polar surface area (TPSA) is 84.9 Å². The Morgan fingerprint density at radius 1 is 0.900 bits per heavy atom. The summed E-state index contributed by atoms with van der Waals surface area (Å²) in [5.74, 6) is 1.30. The van der Waals surface area contributed by atoms with Crippen LogP contribution in [0.4, 0.5) is 0 Å². The van der Waals surface area contributed by atoms with Gasteiger partial charge in [0.15, 0.2) is 0 Å². The van der Waals surface area contributed by atoms with Gasteiger partial charge in [-0.15, -0.1) is 0 Å². The molecule has 4 rings (SSSR count). The van der Waals surface area contributed by atoms with Crippen LogP contribution in [0.25, 0.3) is 0 Å². The van der Waals surface area contributed by atoms with Crippen LogP contribution in [0.15, 0.2) is 12.4 Å². The molecule has 0 N–H and O–H groups in total. The molecule has 3 heterocycles. The first-order chi connectivity index (χ1) is 14.7. The molecule has 1 aliphatic carbocycles. The number of hydrogen-bond donors (Lipinski definition) is 0. The fraction of sp³-hybridized carbons (Fsp3) is 0.727. The van der Waals surface area contributed by atoms with E-state index in [2.05, 4.69) is 14.9 Å². The Balaban J connectivity index is 1.23. The SMILES string of the molecule is O=C1CCC(=O)N1CCOc1nccnc1OC1CCN(CC2CCCCC2)CC1. The van der Waals surface area contributed by atoms with Crippen molar-refractivity contribution in [3.05, 3.63) is 12.4 Å². The van der Waals surface area contributed by atoms with Crippen LogP contribution in [0.5, 0.6) is 11.8 Å². The summed E-state index contributed by atoms with van der Waals surface area (Å²) >= 11 is 0. The third-order valence-electron chi connectivity index (χ3n) is 6.40. The number of carbonyl (C=O) groups excluding carboxylic acids is 2. The van der Waals surface area contributed by atoms with E-state index in [0.29, 0.717) is 11.8 Å². The minimum absolute atomic E-state index is 0.105. The maximum absolute atomic E-state index is 11.7. The van der Waals surface area contributed by atoms with Crippen LogP contribution in [-0.2, 0) is 9.59 Å². The lowest BCUT2D eigenvalue weighted by atomic mass is 9.88. The van der Waals surface area contributed by atoms with Crippen LogP contribution in [0.3, 0.4) is 0 Å². The number of aromatic nitrogens is 2. The Morgan fingerprint density at radius 3 is 2.27 bits per heavy atom. The van der Waals surface area contributed by atoms with Crippen molar-refractivity contribution in [1.82, 2.24) is 19.8 Å². The highest BCUT2D eigenvalue weighted by Crippen LogP contribution is 2.28. The van der Waals surface area contributed by atoms with E-state index >= 15 is 0 Å². The maximum atomic E-state index is 11.7. The summed E-state index contributed by atoms with van der Waals surface area (Å²) in [5, 5.41) is 0. The van der Waals surface area contributed by atoms with Gasteiger partial charge in [-0.3, -0.25) is 14.5 Å². The van der Waals surface area contributed by atoms with Gasteiger partial charge in [-0.25, -0.2) is 9.97 Å². The van der Waals surface area contributed by atoms with E-state index in [1.54, 1.807) is 12.4 Å². The first-order valence-corrected chi connectivity index (χ1v) is 11.3. The lowest BCUT2D eigenvalue weighted by molar-refractivity contribution is -0.138. The van der Waals surface area contributed by atoms with Crippen molar-refractivity contribution >= 4 is 11.8 Å². The van der Waals surface area contributed by atoms with Crippen LogP contribution in [0.1, 0.15) is 57.8 Å². The Labute approximate surface area is 177 Å². The highest BCUT2D eigenvalue weighted by molar-refractivity contribution is 6.01. The molecule has 2 amide bonds. The molecule has 0 radical (unpaired) electrons. The molecule has 0 unspecified atom stereocenters. The van der Waals surface area contributed by atoms with Crippen LogP contribution in [-0.4, -0.2) is 70.5 Å². The van der Waals surface area contributed by atoms with Gasteiger partial charge in [0.2, 0.25) is 11.8 Å². The summed E-state index contributed by atoms with van der Waals surface area (Å²) in [6.45, 7) is 3.74. The second-order valence-corrected chi connectivity index (χ2v) is 8.58. The van der Waals surface area contributed by atoms with E-state index in [0.717, 1.165) is 31.8 Å². The molecule has 0 bridgehead atoms. The third kappa shape index (κ3) is 5.47. The van der Waals surface area contributed by atoms with Crippen molar-refractivity contribution in [2.24, 2.45) is 5.92 Å². The number of carbonyl (C=O) groups is 2. The minimum Gasteiger partial charge on any atom is -0.472 e. The predicted molar refractivity (Wildman–Crippen MR) is 110 cm³/mol. The van der Waals surface area contributed by atoms with Gasteiger partial charge in [0.25, 0.3) is 11.8 Å². The highest BCUT2D eigenvalue weighted by Gasteiger charge is 2.29. The van der Waals surface area contributed by atoms with Crippen LogP contribution >= 0.6 is 0 Å². The number of ether oxygens (including phenoxy) is 2. The molecule has 2 saturated heterocycles. The van der Waals surface area contributed by atoms with Gasteiger partial charge in [0, 0.05) is 44.9 Å². The van der Waals surface area contributed by atoms with Crippen LogP contribution in [0.2, 0.25) is 0 Å². The van der Waals surface area contributed by atoms with Crippen molar-refractivity contribution < 1.29 is 19.1 Å². The molecule has 3 aliphatic rings. The van der Waals surface area contributed by atoms with Gasteiger partial charge < -0.3 is 14.4 Å². The van der Waals surface area contributed by atoms with Crippen LogP contribution < -0.4 is 9.47 Å². The molecule has 0 aromatic carbocycles. The molecule has 1 aromatic rings. The molecule has 30 heavy (non-hydrogen) atoms. The normalized spacial score (nSPS) is 21.9. The number of nitrogens with zero attached hydrogens (tertiary/aromatic N) is 4. The lowest BCUT2D eigenvalue weighted by Gasteiger charge is -2.35. The molecule has 2 aliphatic heterocycles. The minimum atomic E-state index is -0.140. The Hall–Kier alpha value is -2.22. The van der Waals surface area contributed by atoms with Crippen molar-refractivity contribution in [2.75, 3.05) is 32.8 Å². The Kier molecular flexibility index (Phi) is 7.15. The number of imide groups is 1. The van der Waals surface area contributed by atoms with Gasteiger partial charge in [0.05, 0.1) is 6.54 Å². The maximum Gasteiger partial charge on any atom is 0.278 e. The first-order valence-electron chi connectivity index (χ1n) is 11.3. The summed E-state index contributed by atoms with van der Waals surface area (Å²) in [7, 11) is 0. The zero-order valence-corrected chi connectivity index (χ0v) is 17.6. The Bertz CT molecular complexity index is 714. The largest absolute Gasteiger partial charge is 0.472 e. The van der Waals surface area contributed by atoms with Crippen molar-refractivity contribution in [3.8, 4) is 11.8 Å². The van der Waals surface area contributed by atoms with E-state index < -0.39 is 0 Å². The average Bonchev–Trinajstić information content (AvgIpc) is 3.09. The number of piperidine rings is 1. The number of amides is 2. The second kappa shape index (κ2) is 10.2. The third-order valence-corrected chi connectivity index (χ3v) is 6.40. The van der Waals surface area contributed by atoms with Gasteiger partial charge >= 0.3 is 0 Å². The first kappa shape index (κ1) is 21.0. The predicted octanol–water partition coefficient (Wildman–Crippen LogP) is 2.43. The smallest absolute Gasteiger partial charge is 0.278 e. The average molecular weight is 417 g/mol. The van der Waals surface area contributed by atoms with Crippen LogP contribution in [0, 0.1) is 5.92 Å². The molecule has 0 spiro atoms. The van der Waals surface area contributed by atoms with Crippen molar-refractivity contribution in [2.45, 2.75) is 63.9 Å². The summed E-state index contributed by atoms with van der Waals surface area (Å²) < 4.78 is 11.8. The van der Waals surface area contributed by atoms with E-state index in [1.807, 2.05) is 0 Å². The van der Waals surface area contributed by atoms with Gasteiger partial charge in [-0.2, -0.15) is 0 Å². The van der Waals surface area contributed by atoms with Gasteiger partial charge in [0.1, 0.15) is 12.7 Å². The second-order valence-electron chi connectivity index (χ2n) is 8.58. The summed E-state index contributed by atoms with van der Waals surface area (Å²) in [6, 6.07) is 0. The van der Waals surface area contributed by atoms with Crippen molar-refractivity contribution in [1.29, 1.82) is 0 Å². The fourth-order valence-electron chi connectivity index (χ4n) is 4.70. The molecule has 0 atom stereocenters. The number of likely N-dealkylation sites (tertiary alicyclic amines) is 2. The number of hydrogen-bond acceptors (Lipinski definition) is 7. The molecule has 8 nitrogen and oxygen atoms in total. The molecule has 3 fully saturated rings. The Morgan fingerprint density at radius 2 is 1.57 bits per heavy atom. The van der Waals surface area contributed by atoms with Gasteiger partial charge in [-0.05, 0) is 31.6 Å². The molecule has 1 aromatic heterocycles. The zero-order valence-electron chi connectivity index (χ0n) is 17.6. The van der Waals surface area contributed by atoms with E-state index in [1.165, 1.54) is 43.5 Å². The van der Waals surface area contributed by atoms with Gasteiger partial charge in [-0.1, -0.05) is 19.3 Å².